The number of nitrogens with two attached hydrogens (primary N) is 1. The molecule has 5 heteroatoms. The Labute approximate surface area is 145 Å². The van der Waals surface area contributed by atoms with Crippen molar-refractivity contribution in [3.8, 4) is 0 Å². The Morgan fingerprint density at radius 3 is 2.00 bits per heavy atom. The topological polar surface area (TPSA) is 75.4 Å². The van der Waals surface area contributed by atoms with Gasteiger partial charge in [-0.2, -0.15) is 0 Å². The van der Waals surface area contributed by atoms with Gasteiger partial charge in [-0.1, -0.05) is 26.0 Å². The SMILES string of the molecule is CCN(CC)C(=O)Cc1ccc(NC(=O)C(CC)(CC)CN)cc1. The van der Waals surface area contributed by atoms with Gasteiger partial charge in [-0.3, -0.25) is 9.59 Å². The molecule has 0 bridgehead atoms. The van der Waals surface area contributed by atoms with Crippen LogP contribution in [0.25, 0.3) is 0 Å². The van der Waals surface area contributed by atoms with Crippen molar-refractivity contribution in [2.45, 2.75) is 47.0 Å². The van der Waals surface area contributed by atoms with Crippen molar-refractivity contribution < 1.29 is 9.59 Å². The van der Waals surface area contributed by atoms with Gasteiger partial charge in [0.05, 0.1) is 11.8 Å². The van der Waals surface area contributed by atoms with Crippen molar-refractivity contribution in [2.24, 2.45) is 11.1 Å². The lowest BCUT2D eigenvalue weighted by Crippen LogP contribution is -2.41. The van der Waals surface area contributed by atoms with Crippen molar-refractivity contribution in [3.63, 3.8) is 0 Å². The first kappa shape index (κ1) is 20.2. The van der Waals surface area contributed by atoms with Crippen LogP contribution in [0.1, 0.15) is 46.1 Å². The van der Waals surface area contributed by atoms with Crippen LogP contribution in [-0.4, -0.2) is 36.3 Å². The normalized spacial score (nSPS) is 11.2. The molecule has 134 valence electrons. The van der Waals surface area contributed by atoms with Gasteiger partial charge in [0.25, 0.3) is 0 Å². The second-order valence-corrected chi connectivity index (χ2v) is 6.09. The van der Waals surface area contributed by atoms with Crippen LogP contribution in [-0.2, 0) is 16.0 Å². The van der Waals surface area contributed by atoms with Crippen LogP contribution in [0.5, 0.6) is 0 Å². The average molecular weight is 333 g/mol. The van der Waals surface area contributed by atoms with E-state index in [0.29, 0.717) is 25.8 Å². The third kappa shape index (κ3) is 4.81. The molecular formula is C19H31N3O2. The van der Waals surface area contributed by atoms with Crippen LogP contribution in [0.2, 0.25) is 0 Å². The minimum atomic E-state index is -0.516. The number of rotatable bonds is 9. The number of carbonyl (C=O) groups excluding carboxylic acids is 2. The quantitative estimate of drug-likeness (QED) is 0.729. The summed E-state index contributed by atoms with van der Waals surface area (Å²) in [6.07, 6.45) is 1.80. The molecule has 0 aliphatic carbocycles. The molecule has 1 aromatic rings. The van der Waals surface area contributed by atoms with Crippen LogP contribution in [0.4, 0.5) is 5.69 Å². The number of amides is 2. The summed E-state index contributed by atoms with van der Waals surface area (Å²) >= 11 is 0. The third-order valence-electron chi connectivity index (χ3n) is 4.91. The molecule has 0 unspecified atom stereocenters. The standard InChI is InChI=1S/C19H31N3O2/c1-5-19(6-2,14-20)18(24)21-16-11-9-15(10-12-16)13-17(23)22(7-3)8-4/h9-12H,5-8,13-14,20H2,1-4H3,(H,21,24). The summed E-state index contributed by atoms with van der Waals surface area (Å²) in [5.41, 5.74) is 6.98. The number of benzene rings is 1. The average Bonchev–Trinajstić information content (AvgIpc) is 2.60. The molecule has 3 N–H and O–H groups in total. The molecule has 0 atom stereocenters. The molecule has 0 saturated carbocycles. The summed E-state index contributed by atoms with van der Waals surface area (Å²) in [5, 5.41) is 2.95. The summed E-state index contributed by atoms with van der Waals surface area (Å²) in [5.74, 6) is 0.0814. The Balaban J connectivity index is 2.74. The van der Waals surface area contributed by atoms with Crippen LogP contribution in [0, 0.1) is 5.41 Å². The second kappa shape index (κ2) is 9.42. The predicted octanol–water partition coefficient (Wildman–Crippen LogP) is 2.80. The Hall–Kier alpha value is -1.88. The van der Waals surface area contributed by atoms with Gasteiger partial charge in [-0.05, 0) is 44.4 Å². The number of hydrogen-bond donors (Lipinski definition) is 2. The molecule has 1 aromatic carbocycles. The lowest BCUT2D eigenvalue weighted by molar-refractivity contribution is -0.130. The Kier molecular flexibility index (Phi) is 7.92. The van der Waals surface area contributed by atoms with Crippen molar-refractivity contribution in [1.29, 1.82) is 0 Å². The first-order chi connectivity index (χ1) is 11.5. The molecule has 0 aliphatic heterocycles. The van der Waals surface area contributed by atoms with E-state index in [0.717, 1.165) is 24.3 Å². The van der Waals surface area contributed by atoms with Gasteiger partial charge in [0.15, 0.2) is 0 Å². The van der Waals surface area contributed by atoms with Gasteiger partial charge < -0.3 is 16.0 Å². The van der Waals surface area contributed by atoms with Gasteiger partial charge in [0.2, 0.25) is 11.8 Å². The van der Waals surface area contributed by atoms with Crippen LogP contribution >= 0.6 is 0 Å². The molecule has 0 radical (unpaired) electrons. The summed E-state index contributed by atoms with van der Waals surface area (Å²) in [4.78, 5) is 26.4. The Morgan fingerprint density at radius 2 is 1.58 bits per heavy atom. The summed E-state index contributed by atoms with van der Waals surface area (Å²) < 4.78 is 0. The maximum atomic E-state index is 12.5. The van der Waals surface area contributed by atoms with E-state index in [1.807, 2.05) is 56.9 Å². The Morgan fingerprint density at radius 1 is 1.04 bits per heavy atom. The van der Waals surface area contributed by atoms with E-state index in [-0.39, 0.29) is 11.8 Å². The highest BCUT2D eigenvalue weighted by molar-refractivity contribution is 5.95. The van der Waals surface area contributed by atoms with Crippen molar-refractivity contribution in [3.05, 3.63) is 29.8 Å². The fraction of sp³-hybridized carbons (Fsp3) is 0.579. The summed E-state index contributed by atoms with van der Waals surface area (Å²) in [6.45, 7) is 9.70. The number of nitrogens with zero attached hydrogens (tertiary/aromatic N) is 1. The molecule has 2 amide bonds. The van der Waals surface area contributed by atoms with Crippen molar-refractivity contribution in [2.75, 3.05) is 25.0 Å². The van der Waals surface area contributed by atoms with Crippen molar-refractivity contribution in [1.82, 2.24) is 4.90 Å². The fourth-order valence-corrected chi connectivity index (χ4v) is 2.78. The largest absolute Gasteiger partial charge is 0.343 e. The lowest BCUT2D eigenvalue weighted by atomic mass is 9.81. The van der Waals surface area contributed by atoms with Gasteiger partial charge in [0.1, 0.15) is 0 Å². The molecular weight excluding hydrogens is 302 g/mol. The first-order valence-corrected chi connectivity index (χ1v) is 8.84. The maximum Gasteiger partial charge on any atom is 0.231 e. The minimum absolute atomic E-state index is 0.0398. The molecule has 0 aromatic heterocycles. The van der Waals surface area contributed by atoms with Crippen LogP contribution in [0.15, 0.2) is 24.3 Å². The van der Waals surface area contributed by atoms with E-state index < -0.39 is 5.41 Å². The van der Waals surface area contributed by atoms with Gasteiger partial charge in [-0.15, -0.1) is 0 Å². The maximum absolute atomic E-state index is 12.5. The molecule has 0 spiro atoms. The van der Waals surface area contributed by atoms with E-state index >= 15 is 0 Å². The summed E-state index contributed by atoms with van der Waals surface area (Å²) in [7, 11) is 0. The highest BCUT2D eigenvalue weighted by Crippen LogP contribution is 2.27. The molecule has 0 heterocycles. The monoisotopic (exact) mass is 333 g/mol. The van der Waals surface area contributed by atoms with E-state index in [1.165, 1.54) is 0 Å². The van der Waals surface area contributed by atoms with Gasteiger partial charge >= 0.3 is 0 Å². The summed E-state index contributed by atoms with van der Waals surface area (Å²) in [6, 6.07) is 7.46. The highest BCUT2D eigenvalue weighted by atomic mass is 16.2. The Bertz CT molecular complexity index is 524. The zero-order valence-electron chi connectivity index (χ0n) is 15.4. The number of likely N-dealkylation sites (N-methyl/N-ethyl adjacent to an activating group) is 1. The van der Waals surface area contributed by atoms with E-state index in [2.05, 4.69) is 5.32 Å². The van der Waals surface area contributed by atoms with Gasteiger partial charge in [0, 0.05) is 25.3 Å². The zero-order chi connectivity index (χ0) is 18.2. The number of hydrogen-bond acceptors (Lipinski definition) is 3. The van der Waals surface area contributed by atoms with E-state index in [1.54, 1.807) is 0 Å². The zero-order valence-corrected chi connectivity index (χ0v) is 15.4. The third-order valence-corrected chi connectivity index (χ3v) is 4.91. The van der Waals surface area contributed by atoms with E-state index in [4.69, 9.17) is 5.73 Å². The van der Waals surface area contributed by atoms with Crippen LogP contribution < -0.4 is 11.1 Å². The molecule has 0 saturated heterocycles. The lowest BCUT2D eigenvalue weighted by Gasteiger charge is -2.28. The number of anilines is 1. The highest BCUT2D eigenvalue weighted by Gasteiger charge is 2.33. The van der Waals surface area contributed by atoms with Crippen molar-refractivity contribution >= 4 is 17.5 Å². The molecule has 5 nitrogen and oxygen atoms in total. The van der Waals surface area contributed by atoms with Gasteiger partial charge in [-0.25, -0.2) is 0 Å². The second-order valence-electron chi connectivity index (χ2n) is 6.09. The molecule has 24 heavy (non-hydrogen) atoms. The first-order valence-electron chi connectivity index (χ1n) is 8.84. The smallest absolute Gasteiger partial charge is 0.231 e. The van der Waals surface area contributed by atoms with Crippen LogP contribution in [0.3, 0.4) is 0 Å². The molecule has 1 rings (SSSR count). The number of carbonyl (C=O) groups is 2. The molecule has 0 aliphatic rings. The predicted molar refractivity (Wildman–Crippen MR) is 98.8 cm³/mol. The minimum Gasteiger partial charge on any atom is -0.343 e. The fourth-order valence-electron chi connectivity index (χ4n) is 2.78. The molecule has 0 fully saturated rings. The van der Waals surface area contributed by atoms with E-state index in [9.17, 15) is 9.59 Å². The number of nitrogens with one attached hydrogen (secondary N) is 1.